The molecule has 1 aliphatic rings. The maximum Gasteiger partial charge on any atom is 0.139 e. The number of anilines is 1. The Bertz CT molecular complexity index is 822. The van der Waals surface area contributed by atoms with Gasteiger partial charge in [-0.15, -0.1) is 0 Å². The molecule has 2 aromatic heterocycles. The summed E-state index contributed by atoms with van der Waals surface area (Å²) >= 11 is 0. The first-order chi connectivity index (χ1) is 11.4. The number of H-pyrrole nitrogens is 1. The van der Waals surface area contributed by atoms with Gasteiger partial charge in [-0.05, 0) is 23.3 Å². The third-order valence-corrected chi connectivity index (χ3v) is 4.32. The van der Waals surface area contributed by atoms with Gasteiger partial charge >= 0.3 is 0 Å². The number of morpholine rings is 1. The number of ether oxygens (including phenoxy) is 1. The molecule has 1 saturated heterocycles. The summed E-state index contributed by atoms with van der Waals surface area (Å²) < 4.78 is 5.47. The highest BCUT2D eigenvalue weighted by Gasteiger charge is 2.18. The van der Waals surface area contributed by atoms with Crippen molar-refractivity contribution in [3.8, 4) is 11.1 Å². The number of hydrogen-bond donors (Lipinski definition) is 2. The molecule has 5 nitrogen and oxygen atoms in total. The van der Waals surface area contributed by atoms with Gasteiger partial charge in [-0.3, -0.25) is 0 Å². The van der Waals surface area contributed by atoms with Gasteiger partial charge in [0.2, 0.25) is 0 Å². The van der Waals surface area contributed by atoms with Crippen molar-refractivity contribution in [2.75, 3.05) is 31.2 Å². The molecule has 0 spiro atoms. The molecular formula is C18H19N3O2. The minimum Gasteiger partial charge on any atom is -0.392 e. The average molecular weight is 309 g/mol. The molecule has 3 aromatic rings. The van der Waals surface area contributed by atoms with Crippen molar-refractivity contribution in [1.29, 1.82) is 0 Å². The predicted octanol–water partition coefficient (Wildman–Crippen LogP) is 2.56. The number of aliphatic hydroxyl groups excluding tert-OH is 1. The molecule has 0 amide bonds. The number of aromatic amines is 1. The van der Waals surface area contributed by atoms with Crippen LogP contribution in [0.1, 0.15) is 5.56 Å². The summed E-state index contributed by atoms with van der Waals surface area (Å²) in [6.45, 7) is 3.33. The molecule has 0 atom stereocenters. The van der Waals surface area contributed by atoms with Gasteiger partial charge in [-0.1, -0.05) is 18.2 Å². The van der Waals surface area contributed by atoms with Gasteiger partial charge in [0.05, 0.1) is 25.5 Å². The summed E-state index contributed by atoms with van der Waals surface area (Å²) in [4.78, 5) is 10.1. The first-order valence-electron chi connectivity index (χ1n) is 7.86. The molecule has 23 heavy (non-hydrogen) atoms. The second-order valence-electron chi connectivity index (χ2n) is 5.71. The van der Waals surface area contributed by atoms with E-state index in [4.69, 9.17) is 4.74 Å². The third-order valence-electron chi connectivity index (χ3n) is 4.32. The van der Waals surface area contributed by atoms with Crippen LogP contribution < -0.4 is 4.90 Å². The van der Waals surface area contributed by atoms with Crippen LogP contribution in [0.25, 0.3) is 22.2 Å². The Morgan fingerprint density at radius 2 is 2.09 bits per heavy atom. The second kappa shape index (κ2) is 6.02. The molecule has 2 N–H and O–H groups in total. The molecule has 118 valence electrons. The summed E-state index contributed by atoms with van der Waals surface area (Å²) in [6, 6.07) is 10.1. The summed E-state index contributed by atoms with van der Waals surface area (Å²) in [5, 5.41) is 10.5. The van der Waals surface area contributed by atoms with Gasteiger partial charge in [0.25, 0.3) is 0 Å². The normalized spacial score (nSPS) is 15.3. The number of nitrogens with zero attached hydrogens (tertiary/aromatic N) is 2. The van der Waals surface area contributed by atoms with E-state index in [1.165, 1.54) is 5.69 Å². The standard InChI is InChI=1S/C18H19N3O2/c22-12-13-2-1-3-14(10-13)15-11-20-18-17(15)16(4-5-19-18)21-6-8-23-9-7-21/h1-5,10-11,22H,6-9,12H2,(H,19,20). The van der Waals surface area contributed by atoms with E-state index in [1.54, 1.807) is 0 Å². The Balaban J connectivity index is 1.87. The molecule has 0 aliphatic carbocycles. The van der Waals surface area contributed by atoms with Crippen LogP contribution in [0.4, 0.5) is 5.69 Å². The van der Waals surface area contributed by atoms with Crippen molar-refractivity contribution in [3.05, 3.63) is 48.3 Å². The van der Waals surface area contributed by atoms with Crippen molar-refractivity contribution >= 4 is 16.7 Å². The van der Waals surface area contributed by atoms with Crippen LogP contribution in [0.3, 0.4) is 0 Å². The maximum atomic E-state index is 9.39. The fourth-order valence-electron chi connectivity index (χ4n) is 3.17. The van der Waals surface area contributed by atoms with E-state index in [-0.39, 0.29) is 6.61 Å². The van der Waals surface area contributed by atoms with Gasteiger partial charge in [-0.25, -0.2) is 4.98 Å². The van der Waals surface area contributed by atoms with Crippen LogP contribution in [0.5, 0.6) is 0 Å². The van der Waals surface area contributed by atoms with Crippen molar-refractivity contribution in [2.24, 2.45) is 0 Å². The van der Waals surface area contributed by atoms with E-state index in [2.05, 4.69) is 27.0 Å². The smallest absolute Gasteiger partial charge is 0.139 e. The number of benzene rings is 1. The molecule has 0 saturated carbocycles. The van der Waals surface area contributed by atoms with Crippen LogP contribution >= 0.6 is 0 Å². The Morgan fingerprint density at radius 1 is 1.22 bits per heavy atom. The molecule has 5 heteroatoms. The van der Waals surface area contributed by atoms with Gasteiger partial charge in [0, 0.05) is 36.4 Å². The van der Waals surface area contributed by atoms with E-state index in [1.807, 2.05) is 30.6 Å². The number of rotatable bonds is 3. The molecule has 4 rings (SSSR count). The first kappa shape index (κ1) is 14.2. The van der Waals surface area contributed by atoms with Crippen LogP contribution in [0.15, 0.2) is 42.7 Å². The lowest BCUT2D eigenvalue weighted by Crippen LogP contribution is -2.36. The van der Waals surface area contributed by atoms with Crippen molar-refractivity contribution in [3.63, 3.8) is 0 Å². The Kier molecular flexibility index (Phi) is 3.73. The third kappa shape index (κ3) is 2.58. The van der Waals surface area contributed by atoms with E-state index < -0.39 is 0 Å². The van der Waals surface area contributed by atoms with Gasteiger partial charge in [0.15, 0.2) is 0 Å². The molecule has 0 radical (unpaired) electrons. The van der Waals surface area contributed by atoms with E-state index in [0.717, 1.165) is 54.0 Å². The van der Waals surface area contributed by atoms with E-state index >= 15 is 0 Å². The van der Waals surface area contributed by atoms with Crippen molar-refractivity contribution < 1.29 is 9.84 Å². The van der Waals surface area contributed by atoms with Gasteiger partial charge < -0.3 is 19.7 Å². The van der Waals surface area contributed by atoms with Crippen LogP contribution in [0, 0.1) is 0 Å². The SMILES string of the molecule is OCc1cccc(-c2c[nH]c3nccc(N4CCOCC4)c23)c1. The summed E-state index contributed by atoms with van der Waals surface area (Å²) in [5.41, 5.74) is 5.19. The summed E-state index contributed by atoms with van der Waals surface area (Å²) in [5.74, 6) is 0. The Labute approximate surface area is 134 Å². The monoisotopic (exact) mass is 309 g/mol. The van der Waals surface area contributed by atoms with Gasteiger partial charge in [0.1, 0.15) is 5.65 Å². The lowest BCUT2D eigenvalue weighted by molar-refractivity contribution is 0.123. The van der Waals surface area contributed by atoms with Crippen LogP contribution in [0.2, 0.25) is 0 Å². The number of nitrogens with one attached hydrogen (secondary N) is 1. The highest BCUT2D eigenvalue weighted by atomic mass is 16.5. The zero-order chi connectivity index (χ0) is 15.6. The van der Waals surface area contributed by atoms with Gasteiger partial charge in [-0.2, -0.15) is 0 Å². The molecular weight excluding hydrogens is 290 g/mol. The average Bonchev–Trinajstić information content (AvgIpc) is 3.07. The molecule has 0 unspecified atom stereocenters. The summed E-state index contributed by atoms with van der Waals surface area (Å²) in [6.07, 6.45) is 3.84. The highest BCUT2D eigenvalue weighted by molar-refractivity contribution is 6.02. The number of fused-ring (bicyclic) bond motifs is 1. The van der Waals surface area contributed by atoms with Crippen molar-refractivity contribution in [1.82, 2.24) is 9.97 Å². The Hall–Kier alpha value is -2.37. The lowest BCUT2D eigenvalue weighted by Gasteiger charge is -2.29. The molecule has 3 heterocycles. The fourth-order valence-corrected chi connectivity index (χ4v) is 3.17. The second-order valence-corrected chi connectivity index (χ2v) is 5.71. The number of aromatic nitrogens is 2. The lowest BCUT2D eigenvalue weighted by atomic mass is 10.0. The van der Waals surface area contributed by atoms with Crippen molar-refractivity contribution in [2.45, 2.75) is 6.61 Å². The minimum atomic E-state index is 0.0464. The molecule has 1 aromatic carbocycles. The quantitative estimate of drug-likeness (QED) is 0.780. The molecule has 0 bridgehead atoms. The number of aliphatic hydroxyl groups is 1. The minimum absolute atomic E-state index is 0.0464. The zero-order valence-corrected chi connectivity index (χ0v) is 12.8. The molecule has 1 aliphatic heterocycles. The number of hydrogen-bond acceptors (Lipinski definition) is 4. The van der Waals surface area contributed by atoms with Crippen LogP contribution in [-0.2, 0) is 11.3 Å². The summed E-state index contributed by atoms with van der Waals surface area (Å²) in [7, 11) is 0. The van der Waals surface area contributed by atoms with E-state index in [9.17, 15) is 5.11 Å². The predicted molar refractivity (Wildman–Crippen MR) is 90.5 cm³/mol. The largest absolute Gasteiger partial charge is 0.392 e. The van der Waals surface area contributed by atoms with E-state index in [0.29, 0.717) is 0 Å². The number of pyridine rings is 1. The maximum absolute atomic E-state index is 9.39. The van der Waals surface area contributed by atoms with Crippen LogP contribution in [-0.4, -0.2) is 41.4 Å². The zero-order valence-electron chi connectivity index (χ0n) is 12.8. The molecule has 1 fully saturated rings. The first-order valence-corrected chi connectivity index (χ1v) is 7.86. The Morgan fingerprint density at radius 3 is 2.91 bits per heavy atom. The fraction of sp³-hybridized carbons (Fsp3) is 0.278. The topological polar surface area (TPSA) is 61.4 Å². The highest BCUT2D eigenvalue weighted by Crippen LogP contribution is 2.35.